The van der Waals surface area contributed by atoms with Crippen molar-refractivity contribution >= 4 is 0 Å². The maximum absolute atomic E-state index is 13.4. The van der Waals surface area contributed by atoms with Crippen LogP contribution in [0.2, 0.25) is 0 Å². The maximum Gasteiger partial charge on any atom is 0.126 e. The van der Waals surface area contributed by atoms with Crippen LogP contribution < -0.4 is 0 Å². The van der Waals surface area contributed by atoms with Crippen LogP contribution in [0.3, 0.4) is 0 Å². The lowest BCUT2D eigenvalue weighted by atomic mass is 9.97. The maximum atomic E-state index is 13.4. The molecule has 1 radical (unpaired) electrons. The fourth-order valence-electron chi connectivity index (χ4n) is 1.64. The molecule has 0 saturated heterocycles. The van der Waals surface area contributed by atoms with Crippen LogP contribution >= 0.6 is 0 Å². The summed E-state index contributed by atoms with van der Waals surface area (Å²) in [5.74, 6) is 0.438. The molecule has 73 valence electrons. The Bertz CT molecular complexity index is 350. The van der Waals surface area contributed by atoms with Crippen molar-refractivity contribution in [2.75, 3.05) is 0 Å². The van der Waals surface area contributed by atoms with Gasteiger partial charge in [0.05, 0.1) is 0 Å². The first-order valence-electron chi connectivity index (χ1n) is 4.97. The molecule has 1 aliphatic carbocycles. The standard InChI is InChI=1S/C13H14F/c1-3-9(2)11-6-7-13(14)12(8-11)10-4-5-10/h3,6-10H,1-2,4-5H2. The summed E-state index contributed by atoms with van der Waals surface area (Å²) in [6.45, 7) is 7.63. The highest BCUT2D eigenvalue weighted by atomic mass is 19.1. The second kappa shape index (κ2) is 3.56. The van der Waals surface area contributed by atoms with E-state index in [2.05, 4.69) is 13.5 Å². The Kier molecular flexibility index (Phi) is 2.40. The quantitative estimate of drug-likeness (QED) is 0.634. The summed E-state index contributed by atoms with van der Waals surface area (Å²) in [4.78, 5) is 0. The molecular weight excluding hydrogens is 175 g/mol. The third-order valence-electron chi connectivity index (χ3n) is 2.75. The van der Waals surface area contributed by atoms with Gasteiger partial charge in [0.2, 0.25) is 0 Å². The van der Waals surface area contributed by atoms with Crippen LogP contribution in [0.25, 0.3) is 0 Å². The molecular formula is C13H14F. The van der Waals surface area contributed by atoms with E-state index >= 15 is 0 Å². The van der Waals surface area contributed by atoms with Crippen LogP contribution in [0.4, 0.5) is 4.39 Å². The number of halogens is 1. The molecule has 1 aromatic rings. The number of rotatable bonds is 3. The van der Waals surface area contributed by atoms with E-state index in [1.165, 1.54) is 0 Å². The van der Waals surface area contributed by atoms with E-state index in [1.807, 2.05) is 6.07 Å². The van der Waals surface area contributed by atoms with Crippen LogP contribution in [0.1, 0.15) is 35.8 Å². The molecule has 0 spiro atoms. The van der Waals surface area contributed by atoms with Crippen molar-refractivity contribution in [1.82, 2.24) is 0 Å². The van der Waals surface area contributed by atoms with E-state index in [4.69, 9.17) is 0 Å². The number of hydrogen-bond donors (Lipinski definition) is 0. The zero-order valence-electron chi connectivity index (χ0n) is 8.17. The molecule has 1 aromatic carbocycles. The molecule has 0 aliphatic heterocycles. The minimum Gasteiger partial charge on any atom is -0.207 e. The van der Waals surface area contributed by atoms with Gasteiger partial charge in [0.15, 0.2) is 0 Å². The molecule has 1 atom stereocenters. The highest BCUT2D eigenvalue weighted by molar-refractivity contribution is 5.34. The van der Waals surface area contributed by atoms with Gasteiger partial charge >= 0.3 is 0 Å². The Morgan fingerprint density at radius 3 is 2.71 bits per heavy atom. The summed E-state index contributed by atoms with van der Waals surface area (Å²) < 4.78 is 13.4. The lowest BCUT2D eigenvalue weighted by Gasteiger charge is -2.09. The second-order valence-corrected chi connectivity index (χ2v) is 3.90. The Morgan fingerprint density at radius 1 is 1.43 bits per heavy atom. The van der Waals surface area contributed by atoms with Gasteiger partial charge in [-0.3, -0.25) is 0 Å². The minimum atomic E-state index is -0.0764. The van der Waals surface area contributed by atoms with Crippen LogP contribution in [-0.2, 0) is 0 Å². The highest BCUT2D eigenvalue weighted by Crippen LogP contribution is 2.42. The second-order valence-electron chi connectivity index (χ2n) is 3.90. The molecule has 1 fully saturated rings. The summed E-state index contributed by atoms with van der Waals surface area (Å²) in [5.41, 5.74) is 1.92. The molecule has 0 N–H and O–H groups in total. The topological polar surface area (TPSA) is 0 Å². The first-order chi connectivity index (χ1) is 6.72. The van der Waals surface area contributed by atoms with Gasteiger partial charge in [-0.2, -0.15) is 0 Å². The van der Waals surface area contributed by atoms with Gasteiger partial charge < -0.3 is 0 Å². The first-order valence-corrected chi connectivity index (χ1v) is 4.97. The zero-order chi connectivity index (χ0) is 10.1. The molecule has 0 amide bonds. The lowest BCUT2D eigenvalue weighted by molar-refractivity contribution is 0.609. The molecule has 0 heterocycles. The normalized spacial score (nSPS) is 17.9. The summed E-state index contributed by atoms with van der Waals surface area (Å²) in [7, 11) is 0. The van der Waals surface area contributed by atoms with Crippen molar-refractivity contribution in [3.8, 4) is 0 Å². The Labute approximate surface area is 84.5 Å². The molecule has 1 heteroatoms. The van der Waals surface area contributed by atoms with Crippen molar-refractivity contribution in [3.05, 3.63) is 54.7 Å². The Balaban J connectivity index is 2.34. The molecule has 2 rings (SSSR count). The highest BCUT2D eigenvalue weighted by Gasteiger charge is 2.26. The largest absolute Gasteiger partial charge is 0.207 e. The van der Waals surface area contributed by atoms with Crippen molar-refractivity contribution in [2.24, 2.45) is 0 Å². The van der Waals surface area contributed by atoms with Crippen LogP contribution in [-0.4, -0.2) is 0 Å². The summed E-state index contributed by atoms with van der Waals surface area (Å²) in [5, 5.41) is 0. The van der Waals surface area contributed by atoms with Crippen molar-refractivity contribution in [3.63, 3.8) is 0 Å². The smallest absolute Gasteiger partial charge is 0.126 e. The van der Waals surface area contributed by atoms with Crippen molar-refractivity contribution < 1.29 is 4.39 Å². The van der Waals surface area contributed by atoms with E-state index in [9.17, 15) is 4.39 Å². The van der Waals surface area contributed by atoms with Gasteiger partial charge in [-0.05, 0) is 42.9 Å². The van der Waals surface area contributed by atoms with E-state index in [0.717, 1.165) is 24.0 Å². The van der Waals surface area contributed by atoms with E-state index in [1.54, 1.807) is 18.2 Å². The van der Waals surface area contributed by atoms with Gasteiger partial charge in [-0.25, -0.2) is 4.39 Å². The molecule has 1 aliphatic rings. The number of allylic oxidation sites excluding steroid dienone is 1. The number of hydrogen-bond acceptors (Lipinski definition) is 0. The number of benzene rings is 1. The minimum absolute atomic E-state index is 0.0631. The molecule has 0 nitrogen and oxygen atoms in total. The summed E-state index contributed by atoms with van der Waals surface area (Å²) >= 11 is 0. The van der Waals surface area contributed by atoms with Gasteiger partial charge in [-0.1, -0.05) is 18.2 Å². The molecule has 14 heavy (non-hydrogen) atoms. The van der Waals surface area contributed by atoms with E-state index in [-0.39, 0.29) is 11.7 Å². The average molecular weight is 189 g/mol. The molecule has 1 unspecified atom stereocenters. The Hall–Kier alpha value is -1.11. The fourth-order valence-corrected chi connectivity index (χ4v) is 1.64. The SMILES string of the molecule is [CH2]C(C=C)c1ccc(F)c(C2CC2)c1. The van der Waals surface area contributed by atoms with Crippen LogP contribution in [0.15, 0.2) is 30.9 Å². The monoisotopic (exact) mass is 189 g/mol. The van der Waals surface area contributed by atoms with Crippen molar-refractivity contribution in [2.45, 2.75) is 24.7 Å². The van der Waals surface area contributed by atoms with Crippen LogP contribution in [0, 0.1) is 12.7 Å². The third-order valence-corrected chi connectivity index (χ3v) is 2.75. The zero-order valence-corrected chi connectivity index (χ0v) is 8.17. The Morgan fingerprint density at radius 2 is 2.14 bits per heavy atom. The summed E-state index contributed by atoms with van der Waals surface area (Å²) in [6.07, 6.45) is 4.02. The molecule has 0 bridgehead atoms. The van der Waals surface area contributed by atoms with E-state index in [0.29, 0.717) is 5.92 Å². The molecule has 0 aromatic heterocycles. The van der Waals surface area contributed by atoms with Gasteiger partial charge in [0.1, 0.15) is 5.82 Å². The molecule has 1 saturated carbocycles. The lowest BCUT2D eigenvalue weighted by Crippen LogP contribution is -1.94. The van der Waals surface area contributed by atoms with E-state index < -0.39 is 0 Å². The fraction of sp³-hybridized carbons (Fsp3) is 0.308. The van der Waals surface area contributed by atoms with Gasteiger partial charge in [-0.15, -0.1) is 6.58 Å². The van der Waals surface area contributed by atoms with Gasteiger partial charge in [0.25, 0.3) is 0 Å². The van der Waals surface area contributed by atoms with Gasteiger partial charge in [0, 0.05) is 5.92 Å². The average Bonchev–Trinajstić information content (AvgIpc) is 3.01. The summed E-state index contributed by atoms with van der Waals surface area (Å²) in [6, 6.07) is 5.28. The van der Waals surface area contributed by atoms with Crippen LogP contribution in [0.5, 0.6) is 0 Å². The third kappa shape index (κ3) is 1.72. The predicted octanol–water partition coefficient (Wildman–Crippen LogP) is 3.81. The van der Waals surface area contributed by atoms with Crippen molar-refractivity contribution in [1.29, 1.82) is 0 Å². The predicted molar refractivity (Wildman–Crippen MR) is 56.7 cm³/mol. The first kappa shape index (κ1) is 9.45.